The Kier molecular flexibility index (Phi) is 4.35. The Balaban J connectivity index is 2.15. The fraction of sp³-hybridized carbons (Fsp3) is 0.250. The highest BCUT2D eigenvalue weighted by Crippen LogP contribution is 2.22. The van der Waals surface area contributed by atoms with Crippen molar-refractivity contribution in [1.82, 2.24) is 0 Å². The number of carbonyl (C=O) groups excluding carboxylic acids is 2. The third-order valence-corrected chi connectivity index (χ3v) is 3.08. The van der Waals surface area contributed by atoms with Crippen LogP contribution in [-0.4, -0.2) is 26.0 Å². The average Bonchev–Trinajstić information content (AvgIpc) is 2.46. The number of ketones is 1. The Labute approximate surface area is 117 Å². The molecule has 20 heavy (non-hydrogen) atoms. The van der Waals surface area contributed by atoms with Crippen LogP contribution in [0.25, 0.3) is 10.8 Å². The van der Waals surface area contributed by atoms with Gasteiger partial charge in [-0.15, -0.1) is 0 Å². The molecule has 2 aromatic carbocycles. The molecule has 0 atom stereocenters. The van der Waals surface area contributed by atoms with Crippen LogP contribution in [-0.2, 0) is 20.7 Å². The molecular weight excluding hydrogens is 256 g/mol. The Morgan fingerprint density at radius 2 is 1.70 bits per heavy atom. The highest BCUT2D eigenvalue weighted by molar-refractivity contribution is 5.97. The lowest BCUT2D eigenvalue weighted by molar-refractivity contribution is -0.143. The number of hydrogen-bond donors (Lipinski definition) is 0. The van der Waals surface area contributed by atoms with Gasteiger partial charge in [0.2, 0.25) is 0 Å². The Morgan fingerprint density at radius 1 is 1.00 bits per heavy atom. The molecule has 0 saturated carbocycles. The molecule has 4 heteroatoms. The van der Waals surface area contributed by atoms with Crippen molar-refractivity contribution < 1.29 is 19.1 Å². The van der Waals surface area contributed by atoms with E-state index in [9.17, 15) is 9.59 Å². The van der Waals surface area contributed by atoms with E-state index in [1.807, 2.05) is 36.4 Å². The number of hydrogen-bond acceptors (Lipinski definition) is 4. The van der Waals surface area contributed by atoms with Gasteiger partial charge in [0.1, 0.15) is 18.0 Å². The minimum Gasteiger partial charge on any atom is -0.497 e. The summed E-state index contributed by atoms with van der Waals surface area (Å²) in [5.41, 5.74) is 0.886. The maximum absolute atomic E-state index is 11.7. The molecule has 0 spiro atoms. The summed E-state index contributed by atoms with van der Waals surface area (Å²) in [7, 11) is 2.90. The number of ether oxygens (including phenoxy) is 2. The topological polar surface area (TPSA) is 52.6 Å². The van der Waals surface area contributed by atoms with Crippen LogP contribution < -0.4 is 4.74 Å². The normalized spacial score (nSPS) is 10.3. The zero-order chi connectivity index (χ0) is 14.5. The first kappa shape index (κ1) is 14.1. The van der Waals surface area contributed by atoms with Gasteiger partial charge in [0.05, 0.1) is 14.2 Å². The van der Waals surface area contributed by atoms with E-state index in [2.05, 4.69) is 4.74 Å². The molecule has 0 unspecified atom stereocenters. The predicted molar refractivity (Wildman–Crippen MR) is 75.8 cm³/mol. The third kappa shape index (κ3) is 3.35. The van der Waals surface area contributed by atoms with Gasteiger partial charge < -0.3 is 9.47 Å². The molecule has 0 aliphatic heterocycles. The summed E-state index contributed by atoms with van der Waals surface area (Å²) >= 11 is 0. The number of benzene rings is 2. The first-order chi connectivity index (χ1) is 9.62. The smallest absolute Gasteiger partial charge is 0.313 e. The molecular formula is C16H16O4. The molecule has 0 N–H and O–H groups in total. The molecule has 2 aromatic rings. The quantitative estimate of drug-likeness (QED) is 0.620. The summed E-state index contributed by atoms with van der Waals surface area (Å²) in [6.45, 7) is 0. The monoisotopic (exact) mass is 272 g/mol. The Morgan fingerprint density at radius 3 is 2.40 bits per heavy atom. The van der Waals surface area contributed by atoms with E-state index in [1.165, 1.54) is 7.11 Å². The molecule has 0 radical (unpaired) electrons. The Bertz CT molecular complexity index is 646. The minimum atomic E-state index is -0.500. The molecule has 0 amide bonds. The van der Waals surface area contributed by atoms with Gasteiger partial charge in [-0.1, -0.05) is 24.3 Å². The highest BCUT2D eigenvalue weighted by atomic mass is 16.5. The van der Waals surface area contributed by atoms with E-state index in [0.29, 0.717) is 0 Å². The summed E-state index contributed by atoms with van der Waals surface area (Å²) in [5.74, 6) is 0.150. The lowest BCUT2D eigenvalue weighted by Gasteiger charge is -2.05. The van der Waals surface area contributed by atoms with Gasteiger partial charge in [-0.05, 0) is 28.5 Å². The van der Waals surface area contributed by atoms with Crippen LogP contribution in [0, 0.1) is 0 Å². The molecule has 0 bridgehead atoms. The van der Waals surface area contributed by atoms with E-state index in [1.54, 1.807) is 7.11 Å². The largest absolute Gasteiger partial charge is 0.497 e. The van der Waals surface area contributed by atoms with Crippen LogP contribution in [0.5, 0.6) is 5.75 Å². The Hall–Kier alpha value is -2.36. The van der Waals surface area contributed by atoms with E-state index in [0.717, 1.165) is 22.1 Å². The maximum atomic E-state index is 11.7. The standard InChI is InChI=1S/C16H16O4/c1-19-15-6-5-12-7-11(3-4-13(12)9-15)8-14(17)10-16(18)20-2/h3-7,9H,8,10H2,1-2H3. The van der Waals surface area contributed by atoms with Gasteiger partial charge in [0, 0.05) is 6.42 Å². The second-order valence-electron chi connectivity index (χ2n) is 4.52. The fourth-order valence-electron chi connectivity index (χ4n) is 2.03. The second-order valence-corrected chi connectivity index (χ2v) is 4.52. The minimum absolute atomic E-state index is 0.148. The van der Waals surface area contributed by atoms with E-state index in [4.69, 9.17) is 4.74 Å². The first-order valence-electron chi connectivity index (χ1n) is 6.27. The number of carbonyl (C=O) groups is 2. The number of fused-ring (bicyclic) bond motifs is 1. The molecule has 0 heterocycles. The molecule has 0 aromatic heterocycles. The van der Waals surface area contributed by atoms with Crippen LogP contribution >= 0.6 is 0 Å². The van der Waals surface area contributed by atoms with Crippen molar-refractivity contribution in [3.8, 4) is 5.75 Å². The molecule has 104 valence electrons. The van der Waals surface area contributed by atoms with Crippen molar-refractivity contribution in [2.75, 3.05) is 14.2 Å². The van der Waals surface area contributed by atoms with Crippen molar-refractivity contribution in [1.29, 1.82) is 0 Å². The van der Waals surface area contributed by atoms with Crippen LogP contribution in [0.2, 0.25) is 0 Å². The average molecular weight is 272 g/mol. The molecule has 0 aliphatic rings. The summed E-state index contributed by atoms with van der Waals surface area (Å²) in [5, 5.41) is 2.09. The van der Waals surface area contributed by atoms with Gasteiger partial charge in [0.25, 0.3) is 0 Å². The zero-order valence-corrected chi connectivity index (χ0v) is 11.5. The van der Waals surface area contributed by atoms with Crippen LogP contribution in [0.1, 0.15) is 12.0 Å². The van der Waals surface area contributed by atoms with Crippen LogP contribution in [0.15, 0.2) is 36.4 Å². The highest BCUT2D eigenvalue weighted by Gasteiger charge is 2.10. The van der Waals surface area contributed by atoms with Gasteiger partial charge in [-0.2, -0.15) is 0 Å². The first-order valence-corrected chi connectivity index (χ1v) is 6.27. The fourth-order valence-corrected chi connectivity index (χ4v) is 2.03. The van der Waals surface area contributed by atoms with Gasteiger partial charge >= 0.3 is 5.97 Å². The second kappa shape index (κ2) is 6.19. The maximum Gasteiger partial charge on any atom is 0.313 e. The molecule has 2 rings (SSSR count). The molecule has 4 nitrogen and oxygen atoms in total. The number of esters is 1. The van der Waals surface area contributed by atoms with Gasteiger partial charge in [-0.3, -0.25) is 9.59 Å². The van der Waals surface area contributed by atoms with Crippen molar-refractivity contribution in [3.63, 3.8) is 0 Å². The van der Waals surface area contributed by atoms with Crippen molar-refractivity contribution in [2.45, 2.75) is 12.8 Å². The predicted octanol–water partition coefficient (Wildman–Crippen LogP) is 2.52. The van der Waals surface area contributed by atoms with Crippen molar-refractivity contribution in [3.05, 3.63) is 42.0 Å². The van der Waals surface area contributed by atoms with Gasteiger partial charge in [0.15, 0.2) is 0 Å². The van der Waals surface area contributed by atoms with Gasteiger partial charge in [-0.25, -0.2) is 0 Å². The van der Waals surface area contributed by atoms with Crippen LogP contribution in [0.4, 0.5) is 0 Å². The molecule has 0 saturated heterocycles. The number of methoxy groups -OCH3 is 2. The van der Waals surface area contributed by atoms with E-state index < -0.39 is 5.97 Å². The number of Topliss-reactive ketones (excluding diaryl/α,β-unsaturated/α-hetero) is 1. The van der Waals surface area contributed by atoms with E-state index in [-0.39, 0.29) is 18.6 Å². The SMILES string of the molecule is COC(=O)CC(=O)Cc1ccc2cc(OC)ccc2c1. The number of rotatable bonds is 5. The third-order valence-electron chi connectivity index (χ3n) is 3.08. The molecule has 0 aliphatic carbocycles. The van der Waals surface area contributed by atoms with E-state index >= 15 is 0 Å². The summed E-state index contributed by atoms with van der Waals surface area (Å²) in [6.07, 6.45) is 0.0498. The lowest BCUT2D eigenvalue weighted by atomic mass is 10.0. The summed E-state index contributed by atoms with van der Waals surface area (Å²) in [4.78, 5) is 22.7. The zero-order valence-electron chi connectivity index (χ0n) is 11.5. The van der Waals surface area contributed by atoms with Crippen molar-refractivity contribution in [2.24, 2.45) is 0 Å². The summed E-state index contributed by atoms with van der Waals surface area (Å²) < 4.78 is 9.65. The van der Waals surface area contributed by atoms with Crippen LogP contribution in [0.3, 0.4) is 0 Å². The summed E-state index contributed by atoms with van der Waals surface area (Å²) in [6, 6.07) is 11.5. The lowest BCUT2D eigenvalue weighted by Crippen LogP contribution is -2.11. The van der Waals surface area contributed by atoms with Crippen molar-refractivity contribution >= 4 is 22.5 Å². The molecule has 0 fully saturated rings.